The lowest BCUT2D eigenvalue weighted by atomic mass is 9.81. The Bertz CT molecular complexity index is 2470. The molecule has 21 heteroatoms. The molecule has 0 bridgehead atoms. The molecule has 79 heavy (non-hydrogen) atoms. The molecular formula is C58H87N7O13S. The van der Waals surface area contributed by atoms with Crippen LogP contribution in [-0.4, -0.2) is 148 Å². The van der Waals surface area contributed by atoms with E-state index in [4.69, 9.17) is 9.47 Å². The lowest BCUT2D eigenvalue weighted by Crippen LogP contribution is -2.50. The number of aromatic hydroxyl groups is 1. The highest BCUT2D eigenvalue weighted by Gasteiger charge is 2.39. The number of nitrogens with zero attached hydrogens (tertiary/aromatic N) is 4. The van der Waals surface area contributed by atoms with Crippen molar-refractivity contribution in [2.75, 3.05) is 46.2 Å². The number of phenols is 1. The maximum Gasteiger partial charge on any atom is 0.303 e. The minimum atomic E-state index is -0.893. The van der Waals surface area contributed by atoms with Crippen molar-refractivity contribution in [2.45, 2.75) is 176 Å². The molecule has 6 amide bonds. The average molecular weight is 1120 g/mol. The third-order valence-electron chi connectivity index (χ3n) is 14.8. The molecule has 1 aromatic heterocycles. The topological polar surface area (TPSA) is 268 Å². The first kappa shape index (κ1) is 67.1. The molecule has 0 saturated heterocycles. The van der Waals surface area contributed by atoms with Gasteiger partial charge in [-0.2, -0.15) is 0 Å². The Kier molecular flexibility index (Phi) is 27.3. The van der Waals surface area contributed by atoms with Crippen LogP contribution in [0.1, 0.15) is 167 Å². The summed E-state index contributed by atoms with van der Waals surface area (Å²) in [4.78, 5) is 138. The second-order valence-corrected chi connectivity index (χ2v) is 22.8. The van der Waals surface area contributed by atoms with E-state index in [2.05, 4.69) is 20.9 Å². The summed E-state index contributed by atoms with van der Waals surface area (Å²) < 4.78 is 11.3. The number of benzene rings is 1. The summed E-state index contributed by atoms with van der Waals surface area (Å²) in [7, 11) is 5.40. The number of ether oxygens (including phenoxy) is 2. The number of carbonyl (C=O) groups is 10. The van der Waals surface area contributed by atoms with E-state index in [1.54, 1.807) is 36.4 Å². The first-order valence-electron chi connectivity index (χ1n) is 27.6. The van der Waals surface area contributed by atoms with Gasteiger partial charge in [0.15, 0.2) is 17.7 Å². The van der Waals surface area contributed by atoms with Crippen molar-refractivity contribution in [3.63, 3.8) is 0 Å². The van der Waals surface area contributed by atoms with Gasteiger partial charge in [-0.1, -0.05) is 60.5 Å². The van der Waals surface area contributed by atoms with Gasteiger partial charge in [-0.15, -0.1) is 11.3 Å². The molecule has 0 saturated carbocycles. The fourth-order valence-electron chi connectivity index (χ4n) is 8.97. The third-order valence-corrected chi connectivity index (χ3v) is 15.7. The van der Waals surface area contributed by atoms with E-state index in [-0.39, 0.29) is 122 Å². The minimum absolute atomic E-state index is 0.0241. The monoisotopic (exact) mass is 1120 g/mol. The quantitative estimate of drug-likeness (QED) is 0.0233. The lowest BCUT2D eigenvalue weighted by molar-refractivity contribution is -0.150. The Balaban J connectivity index is 1.56. The second kappa shape index (κ2) is 32.2. The van der Waals surface area contributed by atoms with Crippen molar-refractivity contribution >= 4 is 75.8 Å². The number of esters is 1. The predicted molar refractivity (Wildman–Crippen MR) is 301 cm³/mol. The summed E-state index contributed by atoms with van der Waals surface area (Å²) >= 11 is 1.17. The molecule has 4 N–H and O–H groups in total. The van der Waals surface area contributed by atoms with E-state index < -0.39 is 65.3 Å². The second-order valence-electron chi connectivity index (χ2n) is 21.9. The van der Waals surface area contributed by atoms with Gasteiger partial charge in [0, 0.05) is 107 Å². The molecule has 20 nitrogen and oxygen atoms in total. The van der Waals surface area contributed by atoms with Crippen LogP contribution in [0.5, 0.6) is 5.75 Å². The summed E-state index contributed by atoms with van der Waals surface area (Å²) in [5.41, 5.74) is 0.160. The first-order chi connectivity index (χ1) is 37.1. The summed E-state index contributed by atoms with van der Waals surface area (Å²) in [5.74, 6) is -5.08. The van der Waals surface area contributed by atoms with Gasteiger partial charge in [-0.25, -0.2) is 4.98 Å². The number of amides is 6. The van der Waals surface area contributed by atoms with Crippen LogP contribution in [0, 0.1) is 23.7 Å². The fourth-order valence-corrected chi connectivity index (χ4v) is 9.81. The molecule has 3 rings (SSSR count). The van der Waals surface area contributed by atoms with Crippen LogP contribution in [0.15, 0.2) is 35.7 Å². The van der Waals surface area contributed by atoms with Gasteiger partial charge >= 0.3 is 5.97 Å². The van der Waals surface area contributed by atoms with Crippen LogP contribution in [0.4, 0.5) is 5.69 Å². The van der Waals surface area contributed by atoms with Crippen molar-refractivity contribution in [1.82, 2.24) is 30.3 Å². The van der Waals surface area contributed by atoms with E-state index in [1.165, 1.54) is 43.4 Å². The number of hydrogen-bond donors (Lipinski definition) is 4. The highest BCUT2D eigenvalue weighted by molar-refractivity contribution is 7.09. The molecule has 0 fully saturated rings. The van der Waals surface area contributed by atoms with Crippen molar-refractivity contribution in [1.29, 1.82) is 0 Å². The van der Waals surface area contributed by atoms with Gasteiger partial charge in [0.05, 0.1) is 23.9 Å². The van der Waals surface area contributed by atoms with Crippen LogP contribution in [0.2, 0.25) is 0 Å². The number of likely N-dealkylation sites (N-methyl/N-ethyl adjacent to an activating group) is 1. The summed E-state index contributed by atoms with van der Waals surface area (Å²) in [6.45, 7) is 18.5. The highest BCUT2D eigenvalue weighted by Crippen LogP contribution is 2.33. The molecule has 0 aliphatic carbocycles. The number of hydrogen-bond acceptors (Lipinski definition) is 16. The maximum atomic E-state index is 14.3. The summed E-state index contributed by atoms with van der Waals surface area (Å²) in [6.07, 6.45) is 5.19. The predicted octanol–water partition coefficient (Wildman–Crippen LogP) is 6.93. The largest absolute Gasteiger partial charge is 0.506 e. The van der Waals surface area contributed by atoms with Crippen LogP contribution in [0.25, 0.3) is 0 Å². The number of anilines is 1. The number of phenolic OH excluding ortho intramolecular Hbond substituents is 1. The van der Waals surface area contributed by atoms with Crippen LogP contribution < -0.4 is 16.0 Å². The minimum Gasteiger partial charge on any atom is -0.506 e. The Morgan fingerprint density at radius 1 is 0.873 bits per heavy atom. The number of imide groups is 1. The molecule has 1 aromatic carbocycles. The van der Waals surface area contributed by atoms with Crippen molar-refractivity contribution < 1.29 is 62.5 Å². The number of ketones is 3. The van der Waals surface area contributed by atoms with Crippen LogP contribution >= 0.6 is 11.3 Å². The number of aromatic nitrogens is 1. The normalized spacial score (nSPS) is 15.3. The molecule has 1 aliphatic heterocycles. The van der Waals surface area contributed by atoms with Crippen molar-refractivity contribution in [2.24, 2.45) is 23.7 Å². The number of thiazole rings is 1. The van der Waals surface area contributed by atoms with Gasteiger partial charge in [0.2, 0.25) is 17.7 Å². The van der Waals surface area contributed by atoms with Gasteiger partial charge in [0.1, 0.15) is 22.2 Å². The Morgan fingerprint density at radius 3 is 2.14 bits per heavy atom. The van der Waals surface area contributed by atoms with Crippen LogP contribution in [0.3, 0.4) is 0 Å². The lowest BCUT2D eigenvalue weighted by Gasteiger charge is -2.38. The molecule has 438 valence electrons. The summed E-state index contributed by atoms with van der Waals surface area (Å²) in [5, 5.41) is 21.1. The molecular weight excluding hydrogens is 1030 g/mol. The van der Waals surface area contributed by atoms with E-state index in [0.717, 1.165) is 4.90 Å². The number of rotatable bonds is 36. The molecule has 2 heterocycles. The SMILES string of the molecule is CCC[C@H](Cc1ccc(O)c(NC(=O)[C@H](C)CC(=O)[C@H](C)NC(=O)CCOCCCC(=O)CCCN2C(=O)C=CC2=O)c1)NC(=O)c1csc([C@@H](C[C@H](C(C)C)N(C)C(=O)[C@@H](CC(=O)C(C)(C)N(C)C)[C@@H](C)CC)OC(C)=O)n1. The molecule has 2 aromatic rings. The smallest absolute Gasteiger partial charge is 0.303 e. The van der Waals surface area contributed by atoms with Crippen molar-refractivity contribution in [3.05, 3.63) is 52.0 Å². The van der Waals surface area contributed by atoms with E-state index in [9.17, 15) is 53.1 Å². The highest BCUT2D eigenvalue weighted by atomic mass is 32.1. The fraction of sp³-hybridized carbons (Fsp3) is 0.638. The third kappa shape index (κ3) is 21.1. The Morgan fingerprint density at radius 2 is 1.53 bits per heavy atom. The zero-order valence-corrected chi connectivity index (χ0v) is 49.5. The van der Waals surface area contributed by atoms with Gasteiger partial charge < -0.3 is 35.4 Å². The van der Waals surface area contributed by atoms with Gasteiger partial charge in [-0.05, 0) is 90.1 Å². The molecule has 0 radical (unpaired) electrons. The molecule has 0 unspecified atom stereocenters. The van der Waals surface area contributed by atoms with E-state index in [1.807, 2.05) is 67.5 Å². The van der Waals surface area contributed by atoms with Crippen LogP contribution in [-0.2, 0) is 59.0 Å². The van der Waals surface area contributed by atoms with E-state index in [0.29, 0.717) is 49.1 Å². The summed E-state index contributed by atoms with van der Waals surface area (Å²) in [6, 6.07) is 3.02. The maximum absolute atomic E-state index is 14.3. The first-order valence-corrected chi connectivity index (χ1v) is 28.5. The van der Waals surface area contributed by atoms with Gasteiger partial charge in [-0.3, -0.25) is 57.7 Å². The zero-order chi connectivity index (χ0) is 59.3. The molecule has 0 spiro atoms. The number of Topliss-reactive ketones (excluding diaryl/α,β-unsaturated/α-hetero) is 3. The average Bonchev–Trinajstić information content (AvgIpc) is 4.02. The molecule has 7 atom stereocenters. The zero-order valence-electron chi connectivity index (χ0n) is 48.7. The standard InChI is InChI=1S/C58H87N7O13S/c1-14-18-41(60-55(75)45-34-79-56(62-45)49(78-39(8)66)33-46(35(3)4)64(13)57(76)43(36(5)15-2)32-50(70)58(9,10)63(11)12)30-40-21-22-47(68)44(31-40)61-54(74)37(6)29-48(69)38(7)59-51(71)25-28-77-27-17-20-42(67)19-16-26-65-52(72)23-24-53(65)73/h21-24,31,34-38,41,43,46,49,68H,14-20,25-30,32-33H2,1-13H3,(H,59,71)(H,60,75)(H,61,74)/t36-,37+,38-,41+,43-,46+,49+/m0/s1. The molecule has 1 aliphatic rings. The van der Waals surface area contributed by atoms with E-state index >= 15 is 0 Å². The number of carbonyl (C=O) groups excluding carboxylic acids is 10. The Labute approximate surface area is 470 Å². The Hall–Kier alpha value is -6.19. The number of nitrogens with one attached hydrogen (secondary N) is 3. The van der Waals surface area contributed by atoms with Crippen molar-refractivity contribution in [3.8, 4) is 5.75 Å². The van der Waals surface area contributed by atoms with Gasteiger partial charge in [0.25, 0.3) is 17.7 Å².